The van der Waals surface area contributed by atoms with Gasteiger partial charge in [0.2, 0.25) is 5.60 Å². The summed E-state index contributed by atoms with van der Waals surface area (Å²) in [6.45, 7) is 3.12. The van der Waals surface area contributed by atoms with Crippen LogP contribution in [-0.2, 0) is 19.1 Å². The van der Waals surface area contributed by atoms with Gasteiger partial charge in [0.25, 0.3) is 0 Å². The van der Waals surface area contributed by atoms with Crippen molar-refractivity contribution in [3.63, 3.8) is 0 Å². The van der Waals surface area contributed by atoms with Crippen LogP contribution in [0, 0.1) is 16.7 Å². The molecule has 2 saturated heterocycles. The zero-order chi connectivity index (χ0) is 16.1. The number of rotatable bonds is 0. The topological polar surface area (TPSA) is 113 Å². The van der Waals surface area contributed by atoms with E-state index in [1.807, 2.05) is 0 Å². The Morgan fingerprint density at radius 2 is 2.00 bits per heavy atom. The van der Waals surface area contributed by atoms with Gasteiger partial charge in [-0.2, -0.15) is 0 Å². The number of carbonyl (C=O) groups is 2. The predicted octanol–water partition coefficient (Wildman–Crippen LogP) is -1.11. The van der Waals surface area contributed by atoms with Crippen molar-refractivity contribution in [2.75, 3.05) is 6.61 Å². The molecule has 3 N–H and O–H groups in total. The number of cyclic esters (lactones) is 1. The zero-order valence-electron chi connectivity index (χ0n) is 12.3. The molecule has 1 spiro atoms. The fraction of sp³-hybridized carbons (Fsp3) is 0.733. The smallest absolute Gasteiger partial charge is 0.342 e. The van der Waals surface area contributed by atoms with Gasteiger partial charge in [0, 0.05) is 11.8 Å². The van der Waals surface area contributed by atoms with E-state index < -0.39 is 46.2 Å². The van der Waals surface area contributed by atoms with Crippen LogP contribution in [0.4, 0.5) is 0 Å². The van der Waals surface area contributed by atoms with Crippen molar-refractivity contribution in [1.29, 1.82) is 0 Å². The van der Waals surface area contributed by atoms with Crippen molar-refractivity contribution >= 4 is 11.9 Å². The molecule has 2 aliphatic heterocycles. The van der Waals surface area contributed by atoms with Gasteiger partial charge >= 0.3 is 11.9 Å². The summed E-state index contributed by atoms with van der Waals surface area (Å²) in [5, 5.41) is 32.9. The first-order chi connectivity index (χ1) is 10.1. The largest absolute Gasteiger partial charge is 0.463 e. The Balaban J connectivity index is 2.03. The number of hydrogen-bond donors (Lipinski definition) is 3. The number of allylic oxidation sites excluding steroid dienone is 1. The number of hydrogen-bond acceptors (Lipinski definition) is 7. The highest BCUT2D eigenvalue weighted by Crippen LogP contribution is 2.69. The molecule has 1 saturated carbocycles. The molecule has 0 aromatic carbocycles. The quantitative estimate of drug-likeness (QED) is 0.384. The van der Waals surface area contributed by atoms with Crippen molar-refractivity contribution in [3.05, 3.63) is 12.2 Å². The van der Waals surface area contributed by atoms with Gasteiger partial charge in [0.05, 0.1) is 5.41 Å². The summed E-state index contributed by atoms with van der Waals surface area (Å²) in [4.78, 5) is 24.3. The van der Waals surface area contributed by atoms with Crippen LogP contribution in [0.3, 0.4) is 0 Å². The van der Waals surface area contributed by atoms with Gasteiger partial charge in [0.15, 0.2) is 6.10 Å². The van der Waals surface area contributed by atoms with Gasteiger partial charge in [-0.15, -0.1) is 0 Å². The molecule has 7 nitrogen and oxygen atoms in total. The molecule has 2 heterocycles. The number of aliphatic hydroxyl groups excluding tert-OH is 1. The van der Waals surface area contributed by atoms with Crippen LogP contribution in [0.2, 0.25) is 0 Å². The molecule has 0 aromatic rings. The standard InChI is InChI=1S/C15H18O7/c1-7-3-4-14(19)12(2)6-21-11(18)15(12,20)8-5-13(7,14)9(16)10(17)22-8/h3-4,7-9,16,19-20H,5-6H2,1-2H3/t7-,8-,9+,12+,13-,14+,15-/m1/s1. The number of carbonyl (C=O) groups excluding carboxylic acids is 2. The highest BCUT2D eigenvalue weighted by Gasteiger charge is 2.84. The maximum absolute atomic E-state index is 12.2. The first kappa shape index (κ1) is 14.2. The minimum atomic E-state index is -2.13. The van der Waals surface area contributed by atoms with Crippen molar-refractivity contribution < 1.29 is 34.4 Å². The fourth-order valence-electron chi connectivity index (χ4n) is 5.10. The third kappa shape index (κ3) is 1.03. The lowest BCUT2D eigenvalue weighted by molar-refractivity contribution is -0.310. The normalized spacial score (nSPS) is 58.9. The second kappa shape index (κ2) is 3.55. The van der Waals surface area contributed by atoms with Crippen LogP contribution >= 0.6 is 0 Å². The summed E-state index contributed by atoms with van der Waals surface area (Å²) in [7, 11) is 0. The van der Waals surface area contributed by atoms with E-state index in [-0.39, 0.29) is 18.9 Å². The molecule has 120 valence electrons. The predicted molar refractivity (Wildman–Crippen MR) is 70.2 cm³/mol. The van der Waals surface area contributed by atoms with Gasteiger partial charge in [-0.1, -0.05) is 19.1 Å². The summed E-state index contributed by atoms with van der Waals surface area (Å²) in [6, 6.07) is 0. The van der Waals surface area contributed by atoms with Crippen LogP contribution < -0.4 is 0 Å². The molecular weight excluding hydrogens is 292 g/mol. The molecule has 4 aliphatic rings. The SMILES string of the molecule is C[C@@H]1C=C[C@@]2(O)[C@]13C[C@@H](OC(=O)[C@@H]3O)[C@@]1(O)C(=O)OC[C@@]21C. The second-order valence-corrected chi connectivity index (χ2v) is 7.16. The number of aliphatic hydroxyl groups is 3. The van der Waals surface area contributed by atoms with E-state index in [0.717, 1.165) is 0 Å². The van der Waals surface area contributed by atoms with Crippen molar-refractivity contribution in [3.8, 4) is 0 Å². The number of ether oxygens (including phenoxy) is 2. The Bertz CT molecular complexity index is 629. The van der Waals surface area contributed by atoms with E-state index in [4.69, 9.17) is 9.47 Å². The summed E-state index contributed by atoms with van der Waals surface area (Å²) in [6.07, 6.45) is 0.509. The van der Waals surface area contributed by atoms with Crippen molar-refractivity contribution in [2.24, 2.45) is 16.7 Å². The van der Waals surface area contributed by atoms with Gasteiger partial charge in [0.1, 0.15) is 18.3 Å². The minimum Gasteiger partial charge on any atom is -0.463 e. The zero-order valence-corrected chi connectivity index (χ0v) is 12.3. The Labute approximate surface area is 126 Å². The van der Waals surface area contributed by atoms with E-state index >= 15 is 0 Å². The van der Waals surface area contributed by atoms with Crippen LogP contribution in [0.1, 0.15) is 20.3 Å². The molecule has 7 heteroatoms. The van der Waals surface area contributed by atoms with Crippen LogP contribution in [-0.4, -0.2) is 57.3 Å². The summed E-state index contributed by atoms with van der Waals surface area (Å²) in [5.41, 5.74) is -6.53. The maximum Gasteiger partial charge on any atom is 0.342 e. The molecule has 0 radical (unpaired) electrons. The Hall–Kier alpha value is -1.44. The van der Waals surface area contributed by atoms with Gasteiger partial charge in [-0.3, -0.25) is 0 Å². The molecule has 0 amide bonds. The van der Waals surface area contributed by atoms with E-state index in [1.54, 1.807) is 13.0 Å². The van der Waals surface area contributed by atoms with E-state index in [1.165, 1.54) is 13.0 Å². The van der Waals surface area contributed by atoms with Gasteiger partial charge < -0.3 is 24.8 Å². The van der Waals surface area contributed by atoms with E-state index in [9.17, 15) is 24.9 Å². The average molecular weight is 310 g/mol. The highest BCUT2D eigenvalue weighted by atomic mass is 16.6. The molecule has 0 unspecified atom stereocenters. The third-order valence-corrected chi connectivity index (χ3v) is 6.59. The molecule has 2 bridgehead atoms. The minimum absolute atomic E-state index is 0.00817. The number of fused-ring (bicyclic) bond motifs is 4. The summed E-state index contributed by atoms with van der Waals surface area (Å²) < 4.78 is 10.2. The van der Waals surface area contributed by atoms with E-state index in [2.05, 4.69) is 0 Å². The Kier molecular flexibility index (Phi) is 2.29. The summed E-state index contributed by atoms with van der Waals surface area (Å²) >= 11 is 0. The molecule has 3 fully saturated rings. The van der Waals surface area contributed by atoms with Crippen LogP contribution in [0.25, 0.3) is 0 Å². The Morgan fingerprint density at radius 1 is 1.32 bits per heavy atom. The van der Waals surface area contributed by atoms with E-state index in [0.29, 0.717) is 0 Å². The molecule has 7 atom stereocenters. The van der Waals surface area contributed by atoms with Crippen LogP contribution in [0.15, 0.2) is 12.2 Å². The molecular formula is C15H18O7. The van der Waals surface area contributed by atoms with Crippen LogP contribution in [0.5, 0.6) is 0 Å². The third-order valence-electron chi connectivity index (χ3n) is 6.59. The lowest BCUT2D eigenvalue weighted by atomic mass is 9.44. The molecule has 0 aromatic heterocycles. The highest BCUT2D eigenvalue weighted by molar-refractivity contribution is 5.87. The average Bonchev–Trinajstić information content (AvgIpc) is 2.87. The summed E-state index contributed by atoms with van der Waals surface area (Å²) in [5.74, 6) is -2.15. The lowest BCUT2D eigenvalue weighted by Crippen LogP contribution is -2.80. The van der Waals surface area contributed by atoms with Gasteiger partial charge in [-0.05, 0) is 12.8 Å². The van der Waals surface area contributed by atoms with Crippen molar-refractivity contribution in [2.45, 2.75) is 43.7 Å². The number of esters is 2. The molecule has 2 aliphatic carbocycles. The first-order valence-electron chi connectivity index (χ1n) is 7.35. The lowest BCUT2D eigenvalue weighted by Gasteiger charge is -2.64. The monoisotopic (exact) mass is 310 g/mol. The maximum atomic E-state index is 12.2. The van der Waals surface area contributed by atoms with Gasteiger partial charge in [-0.25, -0.2) is 9.59 Å². The van der Waals surface area contributed by atoms with Crippen molar-refractivity contribution in [1.82, 2.24) is 0 Å². The second-order valence-electron chi connectivity index (χ2n) is 7.16. The molecule has 22 heavy (non-hydrogen) atoms. The first-order valence-corrected chi connectivity index (χ1v) is 7.35. The Morgan fingerprint density at radius 3 is 2.68 bits per heavy atom. The fourth-order valence-corrected chi connectivity index (χ4v) is 5.10. The molecule has 4 rings (SSSR count).